The van der Waals surface area contributed by atoms with E-state index >= 15 is 0 Å². The molecule has 0 spiro atoms. The summed E-state index contributed by atoms with van der Waals surface area (Å²) in [7, 11) is 0. The molecule has 4 heteroatoms. The van der Waals surface area contributed by atoms with Gasteiger partial charge in [0.25, 0.3) is 0 Å². The van der Waals surface area contributed by atoms with Gasteiger partial charge in [-0.2, -0.15) is 0 Å². The summed E-state index contributed by atoms with van der Waals surface area (Å²) in [6, 6.07) is 0. The first-order chi connectivity index (χ1) is 8.31. The Labute approximate surface area is 107 Å². The third-order valence-corrected chi connectivity index (χ3v) is 4.83. The fourth-order valence-corrected chi connectivity index (χ4v) is 3.46. The van der Waals surface area contributed by atoms with E-state index in [1.165, 1.54) is 29.8 Å². The first-order valence-corrected chi connectivity index (χ1v) is 7.39. The highest BCUT2D eigenvalue weighted by molar-refractivity contribution is 7.09. The van der Waals surface area contributed by atoms with Crippen LogP contribution in [-0.4, -0.2) is 29.8 Å². The zero-order valence-electron chi connectivity index (χ0n) is 10.5. The van der Waals surface area contributed by atoms with Gasteiger partial charge < -0.3 is 10.4 Å². The van der Waals surface area contributed by atoms with E-state index in [1.54, 1.807) is 11.3 Å². The molecule has 2 atom stereocenters. The fourth-order valence-electron chi connectivity index (χ4n) is 2.68. The first kappa shape index (κ1) is 13.0. The summed E-state index contributed by atoms with van der Waals surface area (Å²) >= 11 is 1.75. The highest BCUT2D eigenvalue weighted by atomic mass is 32.1. The Morgan fingerprint density at radius 2 is 2.29 bits per heavy atom. The fraction of sp³-hybridized carbons (Fsp3) is 0.769. The molecule has 0 bridgehead atoms. The molecule has 0 aliphatic heterocycles. The van der Waals surface area contributed by atoms with Crippen LogP contribution in [0, 0.1) is 18.8 Å². The van der Waals surface area contributed by atoms with Gasteiger partial charge in [0.15, 0.2) is 0 Å². The molecule has 1 aromatic rings. The van der Waals surface area contributed by atoms with Crippen LogP contribution in [0.1, 0.15) is 29.8 Å². The molecule has 0 radical (unpaired) electrons. The number of aliphatic hydroxyl groups is 1. The van der Waals surface area contributed by atoms with Gasteiger partial charge in [0.2, 0.25) is 0 Å². The van der Waals surface area contributed by atoms with Crippen molar-refractivity contribution >= 4 is 11.3 Å². The van der Waals surface area contributed by atoms with Crippen LogP contribution >= 0.6 is 11.3 Å². The van der Waals surface area contributed by atoms with E-state index in [0.717, 1.165) is 19.5 Å². The Hall–Kier alpha value is -0.450. The van der Waals surface area contributed by atoms with Crippen molar-refractivity contribution < 1.29 is 5.11 Å². The zero-order chi connectivity index (χ0) is 12.1. The second-order valence-corrected chi connectivity index (χ2v) is 5.89. The normalized spacial score (nSPS) is 24.4. The number of thiazole rings is 1. The Balaban J connectivity index is 1.65. The molecule has 0 amide bonds. The Kier molecular flexibility index (Phi) is 4.95. The monoisotopic (exact) mass is 254 g/mol. The summed E-state index contributed by atoms with van der Waals surface area (Å²) in [6.07, 6.45) is 4.84. The van der Waals surface area contributed by atoms with Gasteiger partial charge in [-0.15, -0.1) is 11.3 Å². The van der Waals surface area contributed by atoms with Crippen LogP contribution in [0.15, 0.2) is 5.51 Å². The van der Waals surface area contributed by atoms with Crippen molar-refractivity contribution in [3.63, 3.8) is 0 Å². The minimum Gasteiger partial charge on any atom is -0.396 e. The molecule has 1 aliphatic carbocycles. The van der Waals surface area contributed by atoms with E-state index in [9.17, 15) is 5.11 Å². The maximum Gasteiger partial charge on any atom is 0.0797 e. The van der Waals surface area contributed by atoms with Crippen molar-refractivity contribution in [2.24, 2.45) is 11.8 Å². The molecule has 17 heavy (non-hydrogen) atoms. The van der Waals surface area contributed by atoms with Crippen molar-refractivity contribution in [2.45, 2.75) is 32.6 Å². The van der Waals surface area contributed by atoms with E-state index in [4.69, 9.17) is 0 Å². The molecular weight excluding hydrogens is 232 g/mol. The summed E-state index contributed by atoms with van der Waals surface area (Å²) in [4.78, 5) is 5.65. The smallest absolute Gasteiger partial charge is 0.0797 e. The summed E-state index contributed by atoms with van der Waals surface area (Å²) in [5.74, 6) is 1.22. The lowest BCUT2D eigenvalue weighted by Gasteiger charge is -2.17. The van der Waals surface area contributed by atoms with Crippen molar-refractivity contribution in [3.05, 3.63) is 16.1 Å². The van der Waals surface area contributed by atoms with Gasteiger partial charge in [-0.3, -0.25) is 0 Å². The lowest BCUT2D eigenvalue weighted by Crippen LogP contribution is -2.28. The topological polar surface area (TPSA) is 45.2 Å². The predicted molar refractivity (Wildman–Crippen MR) is 71.3 cm³/mol. The number of rotatable bonds is 6. The maximum atomic E-state index is 9.25. The van der Waals surface area contributed by atoms with Gasteiger partial charge in [-0.05, 0) is 44.6 Å². The number of aliphatic hydroxyl groups excluding tert-OH is 1. The number of hydrogen-bond acceptors (Lipinski definition) is 4. The van der Waals surface area contributed by atoms with Crippen LogP contribution in [0.25, 0.3) is 0 Å². The van der Waals surface area contributed by atoms with Gasteiger partial charge >= 0.3 is 0 Å². The Bertz CT molecular complexity index is 340. The predicted octanol–water partition coefficient (Wildman–Crippen LogP) is 1.99. The van der Waals surface area contributed by atoms with Crippen LogP contribution in [0.4, 0.5) is 0 Å². The lowest BCUT2D eigenvalue weighted by atomic mass is 9.97. The standard InChI is InChI=1S/C13H22N2OS/c1-10-13(17-9-15-10)5-6-14-7-11-3-2-4-12(11)8-16/h9,11-12,14,16H,2-8H2,1H3. The molecular formula is C13H22N2OS. The summed E-state index contributed by atoms with van der Waals surface area (Å²) in [5.41, 5.74) is 3.09. The Morgan fingerprint density at radius 1 is 1.47 bits per heavy atom. The van der Waals surface area contributed by atoms with Crippen LogP contribution in [-0.2, 0) is 6.42 Å². The Morgan fingerprint density at radius 3 is 3.00 bits per heavy atom. The van der Waals surface area contributed by atoms with Gasteiger partial charge in [0, 0.05) is 18.0 Å². The molecule has 1 saturated carbocycles. The summed E-state index contributed by atoms with van der Waals surface area (Å²) in [5, 5.41) is 12.8. The molecule has 2 unspecified atom stereocenters. The number of aryl methyl sites for hydroxylation is 1. The number of hydrogen-bond donors (Lipinski definition) is 2. The molecule has 1 fully saturated rings. The van der Waals surface area contributed by atoms with Crippen molar-refractivity contribution in [1.82, 2.24) is 10.3 Å². The average Bonchev–Trinajstić information content (AvgIpc) is 2.93. The van der Waals surface area contributed by atoms with E-state index in [0.29, 0.717) is 18.4 Å². The van der Waals surface area contributed by atoms with E-state index in [1.807, 2.05) is 5.51 Å². The van der Waals surface area contributed by atoms with Crippen LogP contribution in [0.5, 0.6) is 0 Å². The molecule has 1 aliphatic rings. The first-order valence-electron chi connectivity index (χ1n) is 6.51. The molecule has 0 aromatic carbocycles. The molecule has 1 aromatic heterocycles. The minimum atomic E-state index is 0.361. The van der Waals surface area contributed by atoms with Crippen molar-refractivity contribution in [3.8, 4) is 0 Å². The van der Waals surface area contributed by atoms with Gasteiger partial charge in [-0.1, -0.05) is 6.42 Å². The van der Waals surface area contributed by atoms with E-state index in [-0.39, 0.29) is 0 Å². The minimum absolute atomic E-state index is 0.361. The molecule has 3 nitrogen and oxygen atoms in total. The average molecular weight is 254 g/mol. The van der Waals surface area contributed by atoms with Crippen LogP contribution in [0.3, 0.4) is 0 Å². The van der Waals surface area contributed by atoms with Gasteiger partial charge in [-0.25, -0.2) is 4.98 Å². The van der Waals surface area contributed by atoms with E-state index in [2.05, 4.69) is 17.2 Å². The third kappa shape index (κ3) is 3.50. The third-order valence-electron chi connectivity index (χ3n) is 3.83. The molecule has 2 rings (SSSR count). The molecule has 0 saturated heterocycles. The molecule has 96 valence electrons. The zero-order valence-corrected chi connectivity index (χ0v) is 11.3. The largest absolute Gasteiger partial charge is 0.396 e. The maximum absolute atomic E-state index is 9.25. The van der Waals surface area contributed by atoms with Gasteiger partial charge in [0.05, 0.1) is 11.2 Å². The molecule has 1 heterocycles. The molecule has 2 N–H and O–H groups in total. The van der Waals surface area contributed by atoms with Crippen LogP contribution in [0.2, 0.25) is 0 Å². The highest BCUT2D eigenvalue weighted by Gasteiger charge is 2.25. The summed E-state index contributed by atoms with van der Waals surface area (Å²) in [6.45, 7) is 4.52. The second kappa shape index (κ2) is 6.47. The SMILES string of the molecule is Cc1ncsc1CCNCC1CCCC1CO. The van der Waals surface area contributed by atoms with Crippen LogP contribution < -0.4 is 5.32 Å². The van der Waals surface area contributed by atoms with Crippen molar-refractivity contribution in [2.75, 3.05) is 19.7 Å². The van der Waals surface area contributed by atoms with Crippen molar-refractivity contribution in [1.29, 1.82) is 0 Å². The highest BCUT2D eigenvalue weighted by Crippen LogP contribution is 2.30. The van der Waals surface area contributed by atoms with Gasteiger partial charge in [0.1, 0.15) is 0 Å². The quantitative estimate of drug-likeness (QED) is 0.763. The number of nitrogens with zero attached hydrogens (tertiary/aromatic N) is 1. The number of aromatic nitrogens is 1. The number of nitrogens with one attached hydrogen (secondary N) is 1. The van der Waals surface area contributed by atoms with E-state index < -0.39 is 0 Å². The lowest BCUT2D eigenvalue weighted by molar-refractivity contribution is 0.192. The summed E-state index contributed by atoms with van der Waals surface area (Å²) < 4.78 is 0. The second-order valence-electron chi connectivity index (χ2n) is 4.95.